The van der Waals surface area contributed by atoms with Crippen molar-refractivity contribution < 1.29 is 75.8 Å². The Kier molecular flexibility index (Phi) is 72.8. The number of hydrogen-bond acceptors (Lipinski definition) is 14. The fourth-order valence-corrected chi connectivity index (χ4v) is 11.6. The zero-order valence-corrected chi connectivity index (χ0v) is 65.7. The van der Waals surface area contributed by atoms with E-state index in [-0.39, 0.29) is 19.3 Å². The van der Waals surface area contributed by atoms with E-state index in [4.69, 9.17) is 32.3 Å². The van der Waals surface area contributed by atoms with Gasteiger partial charge in [0.2, 0.25) is 0 Å². The van der Waals surface area contributed by atoms with Crippen molar-refractivity contribution in [2.75, 3.05) is 39.6 Å². The van der Waals surface area contributed by atoms with Gasteiger partial charge in [0.25, 0.3) is 0 Å². The SMILES string of the molecule is CC/C=C\C/C=C\C/C=C\C/C=C\C/C=C\C/C=C\CCCCCCCCCCCCC(=O)OCC(O)COP(=O)(O)OCC(O)COP(=O)(O)OCC(COC(=O)CCCCCCCC/C=C\C/C=C\C/C=C\C/C=C\C/C=C\C/C=C\CC)OC(=O)CCCCCCC/C=C\C/C=C\CCC. The molecule has 0 aromatic rings. The van der Waals surface area contributed by atoms with E-state index < -0.39 is 91.5 Å². The molecule has 16 nitrogen and oxygen atoms in total. The summed E-state index contributed by atoms with van der Waals surface area (Å²) in [7, 11) is -9.81. The van der Waals surface area contributed by atoms with Crippen LogP contribution in [0.4, 0.5) is 0 Å². The summed E-state index contributed by atoms with van der Waals surface area (Å²) < 4.78 is 61.1. The molecule has 103 heavy (non-hydrogen) atoms. The van der Waals surface area contributed by atoms with E-state index in [0.717, 1.165) is 199 Å². The lowest BCUT2D eigenvalue weighted by Crippen LogP contribution is -2.30. The number of ether oxygens (including phenoxy) is 3. The third kappa shape index (κ3) is 77.8. The lowest BCUT2D eigenvalue weighted by Gasteiger charge is -2.21. The lowest BCUT2D eigenvalue weighted by atomic mass is 10.1. The molecule has 4 N–H and O–H groups in total. The molecule has 0 aliphatic carbocycles. The van der Waals surface area contributed by atoms with Gasteiger partial charge in [-0.15, -0.1) is 0 Å². The number of aliphatic hydroxyl groups excluding tert-OH is 2. The second-order valence-corrected chi connectivity index (χ2v) is 28.7. The fourth-order valence-electron chi connectivity index (χ4n) is 9.97. The van der Waals surface area contributed by atoms with Crippen LogP contribution in [0.1, 0.15) is 290 Å². The zero-order chi connectivity index (χ0) is 75.2. The lowest BCUT2D eigenvalue weighted by molar-refractivity contribution is -0.161. The summed E-state index contributed by atoms with van der Waals surface area (Å²) in [5.74, 6) is -1.62. The normalized spacial score (nSPS) is 14.9. The Balaban J connectivity index is 4.55. The zero-order valence-electron chi connectivity index (χ0n) is 63.9. The molecule has 0 fully saturated rings. The standard InChI is InChI=1S/C85H140O16P2/c1-4-7-10-13-16-19-22-25-27-29-31-33-35-37-38-39-40-42-44-45-47-49-51-54-56-59-62-65-68-71-83(88)95-74-80(86)75-97-102(91,92)98-76-81(87)77-99-103(93,94)100-79-82(101-85(90)73-70-67-64-61-58-53-24-21-18-15-12-9-6-3)78-96-84(89)72-69-66-63-60-57-55-52-50-48-46-43-41-36-34-32-30-28-26-23-20-17-14-11-8-5-2/h7-8,10-12,15-17,19-21,24-28,31-34,37-38,40-43,48,50,80-82,86-87H,4-6,9,13-14,18,22-23,29-30,35-36,39,44-47,49,51-79H2,1-3H3,(H,91,92)(H,93,94)/b10-7-,11-8-,15-12-,19-16-,20-17-,24-21-,27-25-,28-26-,33-31-,34-32-,38-37-,42-40-,43-41-,50-48-. The van der Waals surface area contributed by atoms with E-state index in [0.29, 0.717) is 19.3 Å². The van der Waals surface area contributed by atoms with Crippen molar-refractivity contribution in [1.82, 2.24) is 0 Å². The molecule has 0 amide bonds. The Bertz CT molecular complexity index is 2550. The van der Waals surface area contributed by atoms with Crippen molar-refractivity contribution >= 4 is 33.6 Å². The first kappa shape index (κ1) is 97.9. The number of phosphoric acid groups is 2. The van der Waals surface area contributed by atoms with Crippen molar-refractivity contribution in [2.24, 2.45) is 0 Å². The molecule has 5 atom stereocenters. The van der Waals surface area contributed by atoms with Gasteiger partial charge in [-0.2, -0.15) is 0 Å². The average Bonchev–Trinajstić information content (AvgIpc) is 0.923. The smallest absolute Gasteiger partial charge is 0.463 e. The Labute approximate surface area is 624 Å². The Morgan fingerprint density at radius 2 is 0.515 bits per heavy atom. The first-order valence-corrected chi connectivity index (χ1v) is 42.4. The summed E-state index contributed by atoms with van der Waals surface area (Å²) in [4.78, 5) is 58.6. The summed E-state index contributed by atoms with van der Waals surface area (Å²) in [6, 6.07) is 0. The molecule has 0 saturated carbocycles. The van der Waals surface area contributed by atoms with Gasteiger partial charge in [0.05, 0.1) is 26.4 Å². The molecule has 0 saturated heterocycles. The predicted molar refractivity (Wildman–Crippen MR) is 426 cm³/mol. The number of esters is 3. The molecule has 0 bridgehead atoms. The first-order chi connectivity index (χ1) is 50.2. The molecule has 0 aromatic carbocycles. The van der Waals surface area contributed by atoms with Crippen LogP contribution in [0.2, 0.25) is 0 Å². The highest BCUT2D eigenvalue weighted by Gasteiger charge is 2.29. The highest BCUT2D eigenvalue weighted by atomic mass is 31.2. The average molecular weight is 1480 g/mol. The van der Waals surface area contributed by atoms with E-state index in [2.05, 4.69) is 191 Å². The molecule has 0 aliphatic heterocycles. The molecule has 0 aliphatic rings. The van der Waals surface area contributed by atoms with Crippen molar-refractivity contribution in [3.05, 3.63) is 170 Å². The summed E-state index contributed by atoms with van der Waals surface area (Å²) >= 11 is 0. The van der Waals surface area contributed by atoms with E-state index >= 15 is 0 Å². The van der Waals surface area contributed by atoms with Crippen LogP contribution in [0.15, 0.2) is 170 Å². The largest absolute Gasteiger partial charge is 0.472 e. The molecule has 5 unspecified atom stereocenters. The van der Waals surface area contributed by atoms with Gasteiger partial charge < -0.3 is 34.2 Å². The first-order valence-electron chi connectivity index (χ1n) is 39.4. The summed E-state index contributed by atoms with van der Waals surface area (Å²) in [5, 5.41) is 20.6. The summed E-state index contributed by atoms with van der Waals surface area (Å²) in [6.45, 7) is 2.33. The van der Waals surface area contributed by atoms with Crippen LogP contribution < -0.4 is 0 Å². The predicted octanol–water partition coefficient (Wildman–Crippen LogP) is 23.2. The van der Waals surface area contributed by atoms with Crippen LogP contribution in [0.25, 0.3) is 0 Å². The second-order valence-electron chi connectivity index (χ2n) is 25.7. The molecule has 586 valence electrons. The van der Waals surface area contributed by atoms with Gasteiger partial charge in [-0.1, -0.05) is 294 Å². The minimum atomic E-state index is -4.94. The third-order valence-corrected chi connectivity index (χ3v) is 17.8. The van der Waals surface area contributed by atoms with E-state index in [9.17, 15) is 43.5 Å². The van der Waals surface area contributed by atoms with Crippen LogP contribution >= 0.6 is 15.6 Å². The Morgan fingerprint density at radius 1 is 0.282 bits per heavy atom. The number of allylic oxidation sites excluding steroid dienone is 28. The maximum absolute atomic E-state index is 12.9. The summed E-state index contributed by atoms with van der Waals surface area (Å²) in [5.41, 5.74) is 0. The summed E-state index contributed by atoms with van der Waals surface area (Å²) in [6.07, 6.45) is 96.9. The maximum Gasteiger partial charge on any atom is 0.472 e. The third-order valence-electron chi connectivity index (χ3n) is 15.9. The quantitative estimate of drug-likeness (QED) is 0.0146. The highest BCUT2D eigenvalue weighted by Crippen LogP contribution is 2.45. The monoisotopic (exact) mass is 1480 g/mol. The molecular weight excluding hydrogens is 1340 g/mol. The van der Waals surface area contributed by atoms with Crippen molar-refractivity contribution in [1.29, 1.82) is 0 Å². The van der Waals surface area contributed by atoms with Crippen molar-refractivity contribution in [3.63, 3.8) is 0 Å². The number of phosphoric ester groups is 2. The van der Waals surface area contributed by atoms with Gasteiger partial charge >= 0.3 is 33.6 Å². The van der Waals surface area contributed by atoms with Gasteiger partial charge in [0.15, 0.2) is 6.10 Å². The van der Waals surface area contributed by atoms with Crippen molar-refractivity contribution in [2.45, 2.75) is 309 Å². The molecule has 0 spiro atoms. The second kappa shape index (κ2) is 76.6. The van der Waals surface area contributed by atoms with Gasteiger partial charge in [-0.05, 0) is 148 Å². The van der Waals surface area contributed by atoms with Gasteiger partial charge in [0, 0.05) is 19.3 Å². The fraction of sp³-hybridized carbons (Fsp3) is 0.635. The van der Waals surface area contributed by atoms with Gasteiger partial charge in [0.1, 0.15) is 25.4 Å². The van der Waals surface area contributed by atoms with Crippen LogP contribution in [0, 0.1) is 0 Å². The highest BCUT2D eigenvalue weighted by molar-refractivity contribution is 7.47. The van der Waals surface area contributed by atoms with Crippen LogP contribution in [0.3, 0.4) is 0 Å². The maximum atomic E-state index is 12.9. The minimum absolute atomic E-state index is 0.0793. The molecule has 0 radical (unpaired) electrons. The van der Waals surface area contributed by atoms with Crippen LogP contribution in [-0.2, 0) is 55.8 Å². The van der Waals surface area contributed by atoms with Crippen LogP contribution in [0.5, 0.6) is 0 Å². The van der Waals surface area contributed by atoms with Gasteiger partial charge in [-0.25, -0.2) is 9.13 Å². The van der Waals surface area contributed by atoms with E-state index in [1.807, 2.05) is 0 Å². The Hall–Kier alpha value is -5.09. The van der Waals surface area contributed by atoms with Crippen LogP contribution in [-0.4, -0.2) is 95.9 Å². The molecular formula is C85H140O16P2. The minimum Gasteiger partial charge on any atom is -0.463 e. The number of rotatable bonds is 73. The molecule has 0 aromatic heterocycles. The molecule has 18 heteroatoms. The topological polar surface area (TPSA) is 231 Å². The number of carbonyl (C=O) groups is 3. The Morgan fingerprint density at radius 3 is 0.816 bits per heavy atom. The van der Waals surface area contributed by atoms with E-state index in [1.165, 1.54) is 32.1 Å². The van der Waals surface area contributed by atoms with E-state index in [1.54, 1.807) is 0 Å². The number of aliphatic hydroxyl groups is 2. The molecule has 0 rings (SSSR count). The van der Waals surface area contributed by atoms with Crippen molar-refractivity contribution in [3.8, 4) is 0 Å². The molecule has 0 heterocycles. The number of carbonyl (C=O) groups excluding carboxylic acids is 3. The number of unbranched alkanes of at least 4 members (excludes halogenated alkanes) is 22. The number of hydrogen-bond donors (Lipinski definition) is 4. The van der Waals surface area contributed by atoms with Gasteiger partial charge in [-0.3, -0.25) is 32.5 Å².